The van der Waals surface area contributed by atoms with E-state index in [1.165, 1.54) is 6.92 Å². The highest BCUT2D eigenvalue weighted by atomic mass is 35.5. The number of halogens is 2. The molecule has 0 unspecified atom stereocenters. The third-order valence-electron chi connectivity index (χ3n) is 3.20. The summed E-state index contributed by atoms with van der Waals surface area (Å²) in [5.41, 5.74) is 1.43. The lowest BCUT2D eigenvalue weighted by atomic mass is 10.1. The van der Waals surface area contributed by atoms with Crippen molar-refractivity contribution in [3.63, 3.8) is 0 Å². The Bertz CT molecular complexity index is 665. The van der Waals surface area contributed by atoms with Gasteiger partial charge in [-0.05, 0) is 69.6 Å². The number of carbonyl (C=O) groups is 2. The normalized spacial score (nSPS) is 10.1. The summed E-state index contributed by atoms with van der Waals surface area (Å²) < 4.78 is 0. The van der Waals surface area contributed by atoms with Crippen LogP contribution in [0.25, 0.3) is 0 Å². The van der Waals surface area contributed by atoms with E-state index in [9.17, 15) is 9.59 Å². The van der Waals surface area contributed by atoms with Gasteiger partial charge in [-0.1, -0.05) is 23.2 Å². The molecule has 0 amide bonds. The van der Waals surface area contributed by atoms with Gasteiger partial charge in [0, 0.05) is 34.1 Å². The van der Waals surface area contributed by atoms with E-state index in [1.807, 2.05) is 19.0 Å². The van der Waals surface area contributed by atoms with E-state index in [2.05, 4.69) is 0 Å². The Kier molecular flexibility index (Phi) is 8.69. The molecule has 2 rings (SSSR count). The average Bonchev–Trinajstić information content (AvgIpc) is 2.54. The fraction of sp³-hybridized carbons (Fsp3) is 0.263. The Morgan fingerprint density at radius 3 is 1.62 bits per heavy atom. The molecule has 24 heavy (non-hydrogen) atoms. The van der Waals surface area contributed by atoms with Crippen LogP contribution < -0.4 is 0 Å². The van der Waals surface area contributed by atoms with Crippen molar-refractivity contribution in [1.29, 1.82) is 0 Å². The van der Waals surface area contributed by atoms with Crippen LogP contribution in [0.1, 0.15) is 34.1 Å². The molecule has 0 aromatic heterocycles. The highest BCUT2D eigenvalue weighted by molar-refractivity contribution is 6.31. The van der Waals surface area contributed by atoms with Crippen LogP contribution in [-0.4, -0.2) is 37.1 Å². The lowest BCUT2D eigenvalue weighted by Crippen LogP contribution is -2.16. The minimum Gasteiger partial charge on any atom is -0.309 e. The van der Waals surface area contributed by atoms with Gasteiger partial charge in [0.15, 0.2) is 11.6 Å². The van der Waals surface area contributed by atoms with Crippen molar-refractivity contribution in [2.24, 2.45) is 0 Å². The fourth-order valence-corrected chi connectivity index (χ4v) is 2.04. The number of ketones is 2. The van der Waals surface area contributed by atoms with Crippen molar-refractivity contribution in [2.75, 3.05) is 20.6 Å². The van der Waals surface area contributed by atoms with E-state index in [0.29, 0.717) is 22.0 Å². The first-order valence-electron chi connectivity index (χ1n) is 7.49. The highest BCUT2D eigenvalue weighted by Crippen LogP contribution is 2.11. The van der Waals surface area contributed by atoms with Crippen molar-refractivity contribution in [3.8, 4) is 0 Å². The topological polar surface area (TPSA) is 37.4 Å². The quantitative estimate of drug-likeness (QED) is 0.698. The molecule has 5 heteroatoms. The third-order valence-corrected chi connectivity index (χ3v) is 3.71. The molecule has 0 heterocycles. The van der Waals surface area contributed by atoms with E-state index in [0.717, 1.165) is 12.1 Å². The molecule has 0 atom stereocenters. The third kappa shape index (κ3) is 7.73. The van der Waals surface area contributed by atoms with Gasteiger partial charge >= 0.3 is 0 Å². The lowest BCUT2D eigenvalue weighted by molar-refractivity contribution is 0.0971. The summed E-state index contributed by atoms with van der Waals surface area (Å²) in [6.45, 7) is 2.31. The maximum atomic E-state index is 11.6. The van der Waals surface area contributed by atoms with Gasteiger partial charge in [-0.2, -0.15) is 0 Å². The maximum Gasteiger partial charge on any atom is 0.164 e. The standard InChI is InChI=1S/C11H14ClNO.C8H7ClO/c1-13(2)8-7-11(14)9-3-5-10(12)6-4-9;1-6(10)7-2-4-8(9)5-3-7/h3-6H,7-8H2,1-2H3;2-5H,1H3. The van der Waals surface area contributed by atoms with Gasteiger partial charge in [0.1, 0.15) is 0 Å². The monoisotopic (exact) mass is 365 g/mol. The highest BCUT2D eigenvalue weighted by Gasteiger charge is 2.05. The molecule has 3 nitrogen and oxygen atoms in total. The zero-order chi connectivity index (χ0) is 18.1. The number of rotatable bonds is 5. The molecular weight excluding hydrogens is 345 g/mol. The van der Waals surface area contributed by atoms with E-state index in [-0.39, 0.29) is 11.6 Å². The van der Waals surface area contributed by atoms with Crippen LogP contribution in [0.15, 0.2) is 48.5 Å². The molecule has 0 saturated carbocycles. The molecule has 2 aromatic carbocycles. The summed E-state index contributed by atoms with van der Waals surface area (Å²) in [5.74, 6) is 0.229. The first-order chi connectivity index (χ1) is 11.3. The van der Waals surface area contributed by atoms with Gasteiger partial charge in [0.2, 0.25) is 0 Å². The Morgan fingerprint density at radius 1 is 0.833 bits per heavy atom. The number of hydrogen-bond acceptors (Lipinski definition) is 3. The molecular formula is C19H21Cl2NO2. The van der Waals surface area contributed by atoms with Gasteiger partial charge in [-0.3, -0.25) is 9.59 Å². The molecule has 0 saturated heterocycles. The van der Waals surface area contributed by atoms with E-state index < -0.39 is 0 Å². The van der Waals surface area contributed by atoms with Crippen LogP contribution in [0.5, 0.6) is 0 Å². The van der Waals surface area contributed by atoms with Gasteiger partial charge < -0.3 is 4.90 Å². The summed E-state index contributed by atoms with van der Waals surface area (Å²) in [5, 5.41) is 1.32. The molecule has 0 aliphatic rings. The van der Waals surface area contributed by atoms with Crippen molar-refractivity contribution in [2.45, 2.75) is 13.3 Å². The summed E-state index contributed by atoms with van der Waals surface area (Å²) >= 11 is 11.3. The Hall–Kier alpha value is -1.68. The summed E-state index contributed by atoms with van der Waals surface area (Å²) in [7, 11) is 3.91. The van der Waals surface area contributed by atoms with Gasteiger partial charge in [0.25, 0.3) is 0 Å². The van der Waals surface area contributed by atoms with Crippen LogP contribution in [-0.2, 0) is 0 Å². The first-order valence-corrected chi connectivity index (χ1v) is 8.25. The molecule has 0 fully saturated rings. The Balaban J connectivity index is 0.000000254. The van der Waals surface area contributed by atoms with Crippen LogP contribution >= 0.6 is 23.2 Å². The molecule has 0 bridgehead atoms. The molecule has 2 aromatic rings. The van der Waals surface area contributed by atoms with Crippen molar-refractivity contribution in [3.05, 3.63) is 69.7 Å². The second-order valence-corrected chi connectivity index (χ2v) is 6.42. The predicted molar refractivity (Wildman–Crippen MR) is 100 cm³/mol. The largest absolute Gasteiger partial charge is 0.309 e. The van der Waals surface area contributed by atoms with Crippen molar-refractivity contribution in [1.82, 2.24) is 4.90 Å². The summed E-state index contributed by atoms with van der Waals surface area (Å²) in [4.78, 5) is 24.3. The van der Waals surface area contributed by atoms with E-state index in [1.54, 1.807) is 48.5 Å². The predicted octanol–water partition coefficient (Wildman–Crippen LogP) is 5.02. The van der Waals surface area contributed by atoms with Crippen LogP contribution in [0.4, 0.5) is 0 Å². The van der Waals surface area contributed by atoms with E-state index >= 15 is 0 Å². The summed E-state index contributed by atoms with van der Waals surface area (Å²) in [6.07, 6.45) is 0.550. The first kappa shape index (κ1) is 20.4. The molecule has 0 aliphatic carbocycles. The molecule has 0 spiro atoms. The second kappa shape index (κ2) is 10.2. The van der Waals surface area contributed by atoms with E-state index in [4.69, 9.17) is 23.2 Å². The van der Waals surface area contributed by atoms with Gasteiger partial charge in [-0.15, -0.1) is 0 Å². The van der Waals surface area contributed by atoms with Crippen LogP contribution in [0.2, 0.25) is 10.0 Å². The second-order valence-electron chi connectivity index (χ2n) is 5.55. The van der Waals surface area contributed by atoms with Crippen molar-refractivity contribution >= 4 is 34.8 Å². The number of Topliss-reactive ketones (excluding diaryl/α,β-unsaturated/α-hetero) is 2. The Labute approximate surface area is 153 Å². The van der Waals surface area contributed by atoms with Crippen LogP contribution in [0, 0.1) is 0 Å². The minimum atomic E-state index is 0.0664. The number of carbonyl (C=O) groups excluding carboxylic acids is 2. The molecule has 128 valence electrons. The van der Waals surface area contributed by atoms with Gasteiger partial charge in [-0.25, -0.2) is 0 Å². The fourth-order valence-electron chi connectivity index (χ4n) is 1.79. The SMILES string of the molecule is CC(=O)c1ccc(Cl)cc1.CN(C)CCC(=O)c1ccc(Cl)cc1. The van der Waals surface area contributed by atoms with Crippen molar-refractivity contribution < 1.29 is 9.59 Å². The zero-order valence-corrected chi connectivity index (χ0v) is 15.6. The average molecular weight is 366 g/mol. The Morgan fingerprint density at radius 2 is 1.25 bits per heavy atom. The zero-order valence-electron chi connectivity index (χ0n) is 14.1. The minimum absolute atomic E-state index is 0.0664. The smallest absolute Gasteiger partial charge is 0.164 e. The molecule has 0 N–H and O–H groups in total. The molecule has 0 aliphatic heterocycles. The molecule has 0 radical (unpaired) electrons. The maximum absolute atomic E-state index is 11.6. The number of benzene rings is 2. The summed E-state index contributed by atoms with van der Waals surface area (Å²) in [6, 6.07) is 13.8. The van der Waals surface area contributed by atoms with Gasteiger partial charge in [0.05, 0.1) is 0 Å². The lowest BCUT2D eigenvalue weighted by Gasteiger charge is -2.08. The van der Waals surface area contributed by atoms with Crippen LogP contribution in [0.3, 0.4) is 0 Å². The number of hydrogen-bond donors (Lipinski definition) is 0. The number of nitrogens with zero attached hydrogens (tertiary/aromatic N) is 1.